The molecule has 0 N–H and O–H groups in total. The quantitative estimate of drug-likeness (QED) is 0.0262. The summed E-state index contributed by atoms with van der Waals surface area (Å²) in [6.45, 7) is 6.55. The predicted octanol–water partition coefficient (Wildman–Crippen LogP) is 17.7. The van der Waals surface area contributed by atoms with Crippen LogP contribution in [-0.2, 0) is 28.6 Å². The van der Waals surface area contributed by atoms with Crippen LogP contribution in [0.3, 0.4) is 0 Å². The molecule has 0 aromatic carbocycles. The maximum atomic E-state index is 12.8. The number of esters is 3. The second kappa shape index (κ2) is 51.3. The molecule has 0 rings (SSSR count). The number of rotatable bonds is 49. The molecule has 0 aromatic rings. The van der Waals surface area contributed by atoms with E-state index in [1.54, 1.807) is 0 Å². The van der Waals surface area contributed by atoms with Gasteiger partial charge in [-0.2, -0.15) is 0 Å². The molecule has 0 heterocycles. The van der Waals surface area contributed by atoms with Crippen LogP contribution in [0, 0.1) is 0 Å². The lowest BCUT2D eigenvalue weighted by Gasteiger charge is -2.18. The average molecular weight is 871 g/mol. The van der Waals surface area contributed by atoms with Gasteiger partial charge in [0.1, 0.15) is 13.2 Å². The van der Waals surface area contributed by atoms with Crippen molar-refractivity contribution in [1.82, 2.24) is 0 Å². The van der Waals surface area contributed by atoms with Crippen molar-refractivity contribution in [1.29, 1.82) is 0 Å². The van der Waals surface area contributed by atoms with E-state index >= 15 is 0 Å². The SMILES string of the molecule is CC/C=C\C/C=C\C/C=C\CCCCCCCCCCCC(=O)OCC(COC(=O)CCCCCCCCCCCCC)OC(=O)CCCCCCCCCCCCCCCC. The van der Waals surface area contributed by atoms with Crippen LogP contribution in [0.25, 0.3) is 0 Å². The molecule has 6 heteroatoms. The van der Waals surface area contributed by atoms with Gasteiger partial charge in [-0.3, -0.25) is 14.4 Å². The van der Waals surface area contributed by atoms with E-state index < -0.39 is 6.10 Å². The summed E-state index contributed by atoms with van der Waals surface area (Å²) in [4.78, 5) is 38.0. The number of unbranched alkanes of at least 4 members (excludes halogenated alkanes) is 32. The first-order valence-electron chi connectivity index (χ1n) is 27.0. The zero-order valence-electron chi connectivity index (χ0n) is 41.4. The van der Waals surface area contributed by atoms with Crippen molar-refractivity contribution in [3.8, 4) is 0 Å². The highest BCUT2D eigenvalue weighted by Crippen LogP contribution is 2.16. The molecule has 0 spiro atoms. The van der Waals surface area contributed by atoms with Crippen LogP contribution < -0.4 is 0 Å². The van der Waals surface area contributed by atoms with Crippen molar-refractivity contribution >= 4 is 17.9 Å². The van der Waals surface area contributed by atoms with E-state index in [1.807, 2.05) is 0 Å². The van der Waals surface area contributed by atoms with E-state index in [9.17, 15) is 14.4 Å². The fourth-order valence-corrected chi connectivity index (χ4v) is 7.87. The molecule has 6 nitrogen and oxygen atoms in total. The molecule has 0 saturated heterocycles. The van der Waals surface area contributed by atoms with Crippen LogP contribution in [0.4, 0.5) is 0 Å². The van der Waals surface area contributed by atoms with Gasteiger partial charge in [-0.15, -0.1) is 0 Å². The van der Waals surface area contributed by atoms with E-state index in [-0.39, 0.29) is 31.1 Å². The van der Waals surface area contributed by atoms with Gasteiger partial charge in [0.05, 0.1) is 0 Å². The summed E-state index contributed by atoms with van der Waals surface area (Å²) in [7, 11) is 0. The van der Waals surface area contributed by atoms with Gasteiger partial charge in [-0.25, -0.2) is 0 Å². The molecule has 1 unspecified atom stereocenters. The summed E-state index contributed by atoms with van der Waals surface area (Å²) < 4.78 is 16.8. The third kappa shape index (κ3) is 48.7. The first-order chi connectivity index (χ1) is 30.5. The third-order valence-electron chi connectivity index (χ3n) is 11.9. The van der Waals surface area contributed by atoms with Crippen molar-refractivity contribution in [2.24, 2.45) is 0 Å². The Labute approximate surface area is 385 Å². The summed E-state index contributed by atoms with van der Waals surface area (Å²) in [6, 6.07) is 0. The first kappa shape index (κ1) is 59.6. The minimum Gasteiger partial charge on any atom is -0.462 e. The summed E-state index contributed by atoms with van der Waals surface area (Å²) in [5.74, 6) is -0.861. The van der Waals surface area contributed by atoms with Crippen LogP contribution in [0.2, 0.25) is 0 Å². The Morgan fingerprint density at radius 3 is 0.984 bits per heavy atom. The minimum atomic E-state index is -0.768. The lowest BCUT2D eigenvalue weighted by Crippen LogP contribution is -2.30. The molecule has 0 aliphatic carbocycles. The van der Waals surface area contributed by atoms with E-state index in [0.29, 0.717) is 19.3 Å². The highest BCUT2D eigenvalue weighted by molar-refractivity contribution is 5.71. The normalized spacial score (nSPS) is 12.2. The van der Waals surface area contributed by atoms with Crippen LogP contribution in [0.1, 0.15) is 284 Å². The largest absolute Gasteiger partial charge is 0.462 e. The molecule has 1 atom stereocenters. The Balaban J connectivity index is 4.30. The van der Waals surface area contributed by atoms with Crippen LogP contribution >= 0.6 is 0 Å². The van der Waals surface area contributed by atoms with Crippen LogP contribution in [-0.4, -0.2) is 37.2 Å². The highest BCUT2D eigenvalue weighted by atomic mass is 16.6. The molecule has 0 aliphatic rings. The maximum absolute atomic E-state index is 12.8. The lowest BCUT2D eigenvalue weighted by atomic mass is 10.0. The number of allylic oxidation sites excluding steroid dienone is 6. The van der Waals surface area contributed by atoms with Gasteiger partial charge >= 0.3 is 17.9 Å². The Morgan fingerprint density at radius 2 is 0.629 bits per heavy atom. The Kier molecular flexibility index (Phi) is 49.3. The fraction of sp³-hybridized carbons (Fsp3) is 0.839. The number of carbonyl (C=O) groups excluding carboxylic acids is 3. The molecular weight excluding hydrogens is 769 g/mol. The third-order valence-corrected chi connectivity index (χ3v) is 11.9. The van der Waals surface area contributed by atoms with Crippen molar-refractivity contribution in [2.45, 2.75) is 290 Å². The molecule has 0 radical (unpaired) electrons. The van der Waals surface area contributed by atoms with Gasteiger partial charge in [0.15, 0.2) is 6.10 Å². The molecule has 0 fully saturated rings. The van der Waals surface area contributed by atoms with Crippen molar-refractivity contribution in [3.63, 3.8) is 0 Å². The van der Waals surface area contributed by atoms with Gasteiger partial charge in [0.25, 0.3) is 0 Å². The first-order valence-corrected chi connectivity index (χ1v) is 27.0. The number of carbonyl (C=O) groups is 3. The van der Waals surface area contributed by atoms with Gasteiger partial charge in [0.2, 0.25) is 0 Å². The number of hydrogen-bond acceptors (Lipinski definition) is 6. The molecule has 0 amide bonds. The zero-order valence-corrected chi connectivity index (χ0v) is 41.4. The van der Waals surface area contributed by atoms with E-state index in [2.05, 4.69) is 57.2 Å². The Bertz CT molecular complexity index is 1050. The van der Waals surface area contributed by atoms with Crippen LogP contribution in [0.15, 0.2) is 36.5 Å². The van der Waals surface area contributed by atoms with Crippen molar-refractivity contribution in [2.75, 3.05) is 13.2 Å². The Morgan fingerprint density at radius 1 is 0.339 bits per heavy atom. The van der Waals surface area contributed by atoms with E-state index in [4.69, 9.17) is 14.2 Å². The van der Waals surface area contributed by atoms with Gasteiger partial charge in [-0.1, -0.05) is 250 Å². The maximum Gasteiger partial charge on any atom is 0.306 e. The highest BCUT2D eigenvalue weighted by Gasteiger charge is 2.19. The number of ether oxygens (including phenoxy) is 3. The summed E-state index contributed by atoms with van der Waals surface area (Å²) in [5.41, 5.74) is 0. The zero-order chi connectivity index (χ0) is 45.1. The van der Waals surface area contributed by atoms with Gasteiger partial charge in [0, 0.05) is 19.3 Å². The second-order valence-electron chi connectivity index (χ2n) is 18.1. The van der Waals surface area contributed by atoms with E-state index in [1.165, 1.54) is 167 Å². The predicted molar refractivity (Wildman–Crippen MR) is 266 cm³/mol. The standard InChI is InChI=1S/C56H102O6/c1-4-7-10-13-16-19-22-24-26-27-28-29-30-32-34-37-40-43-46-49-55(58)61-52-53(51-60-54(57)48-45-42-39-36-33-21-18-15-12-9-6-3)62-56(59)50-47-44-41-38-35-31-25-23-20-17-14-11-8-5-2/h7,10,16,19,24,26,53H,4-6,8-9,11-15,17-18,20-23,25,27-52H2,1-3H3/b10-7-,19-16-,26-24-. The van der Waals surface area contributed by atoms with E-state index in [0.717, 1.165) is 77.0 Å². The molecular formula is C56H102O6. The lowest BCUT2D eigenvalue weighted by molar-refractivity contribution is -0.167. The summed E-state index contributed by atoms with van der Waals surface area (Å²) in [6.07, 6.45) is 59.8. The molecule has 362 valence electrons. The van der Waals surface area contributed by atoms with Crippen LogP contribution in [0.5, 0.6) is 0 Å². The smallest absolute Gasteiger partial charge is 0.306 e. The second-order valence-corrected chi connectivity index (χ2v) is 18.1. The fourth-order valence-electron chi connectivity index (χ4n) is 7.87. The molecule has 62 heavy (non-hydrogen) atoms. The molecule has 0 aliphatic heterocycles. The minimum absolute atomic E-state index is 0.0691. The van der Waals surface area contributed by atoms with Gasteiger partial charge in [-0.05, 0) is 51.4 Å². The van der Waals surface area contributed by atoms with Crippen molar-refractivity contribution < 1.29 is 28.6 Å². The monoisotopic (exact) mass is 871 g/mol. The van der Waals surface area contributed by atoms with Gasteiger partial charge < -0.3 is 14.2 Å². The summed E-state index contributed by atoms with van der Waals surface area (Å²) in [5, 5.41) is 0. The number of hydrogen-bond donors (Lipinski definition) is 0. The average Bonchev–Trinajstić information content (AvgIpc) is 3.27. The summed E-state index contributed by atoms with van der Waals surface area (Å²) >= 11 is 0. The molecule has 0 bridgehead atoms. The Hall–Kier alpha value is -2.37. The molecule has 0 saturated carbocycles. The topological polar surface area (TPSA) is 78.9 Å². The molecule has 0 aromatic heterocycles. The van der Waals surface area contributed by atoms with Crippen molar-refractivity contribution in [3.05, 3.63) is 36.5 Å².